The van der Waals surface area contributed by atoms with Crippen molar-refractivity contribution in [2.45, 2.75) is 26.9 Å². The van der Waals surface area contributed by atoms with E-state index in [1.54, 1.807) is 17.8 Å². The summed E-state index contributed by atoms with van der Waals surface area (Å²) in [5, 5.41) is 0. The summed E-state index contributed by atoms with van der Waals surface area (Å²) in [5.41, 5.74) is 2.35. The molecule has 0 aliphatic rings. The van der Waals surface area contributed by atoms with Crippen molar-refractivity contribution < 1.29 is 4.39 Å². The summed E-state index contributed by atoms with van der Waals surface area (Å²) >= 11 is 0. The number of imidazole rings is 1. The number of benzene rings is 2. The van der Waals surface area contributed by atoms with Gasteiger partial charge in [0.15, 0.2) is 11.2 Å². The van der Waals surface area contributed by atoms with Gasteiger partial charge in [0.1, 0.15) is 5.82 Å². The molecule has 28 heavy (non-hydrogen) atoms. The van der Waals surface area contributed by atoms with Crippen LogP contribution in [0.5, 0.6) is 0 Å². The second-order valence-electron chi connectivity index (χ2n) is 6.61. The lowest BCUT2D eigenvalue weighted by Crippen LogP contribution is -2.39. The van der Waals surface area contributed by atoms with Crippen LogP contribution in [0.4, 0.5) is 4.39 Å². The van der Waals surface area contributed by atoms with Crippen molar-refractivity contribution in [3.05, 3.63) is 92.6 Å². The predicted octanol–water partition coefficient (Wildman–Crippen LogP) is 2.86. The average Bonchev–Trinajstić information content (AvgIpc) is 3.09. The molecule has 7 heteroatoms. The number of halogens is 1. The predicted molar refractivity (Wildman–Crippen MR) is 106 cm³/mol. The Labute approximate surface area is 160 Å². The first-order chi connectivity index (χ1) is 13.5. The molecule has 142 valence electrons. The minimum atomic E-state index is -0.493. The molecule has 0 bridgehead atoms. The number of hydrogen-bond donors (Lipinski definition) is 0. The van der Waals surface area contributed by atoms with Crippen LogP contribution in [0.25, 0.3) is 16.9 Å². The van der Waals surface area contributed by atoms with Gasteiger partial charge in [-0.1, -0.05) is 24.3 Å². The van der Waals surface area contributed by atoms with Gasteiger partial charge in [0.05, 0.1) is 12.0 Å². The van der Waals surface area contributed by atoms with Crippen LogP contribution in [-0.4, -0.2) is 18.7 Å². The molecule has 0 radical (unpaired) electrons. The highest BCUT2D eigenvalue weighted by molar-refractivity contribution is 5.72. The Balaban J connectivity index is 2.00. The molecule has 0 saturated heterocycles. The van der Waals surface area contributed by atoms with Gasteiger partial charge < -0.3 is 4.57 Å². The Hall–Kier alpha value is -3.48. The first-order valence-corrected chi connectivity index (χ1v) is 9.02. The zero-order valence-electron chi connectivity index (χ0n) is 15.6. The molecule has 2 aromatic heterocycles. The molecule has 0 N–H and O–H groups in total. The van der Waals surface area contributed by atoms with Gasteiger partial charge >= 0.3 is 5.69 Å². The fraction of sp³-hybridized carbons (Fsp3) is 0.190. The van der Waals surface area contributed by atoms with E-state index in [9.17, 15) is 14.0 Å². The van der Waals surface area contributed by atoms with Crippen LogP contribution in [0.2, 0.25) is 0 Å². The van der Waals surface area contributed by atoms with Crippen molar-refractivity contribution >= 4 is 11.2 Å². The molecule has 0 spiro atoms. The van der Waals surface area contributed by atoms with Crippen molar-refractivity contribution in [2.75, 3.05) is 0 Å². The lowest BCUT2D eigenvalue weighted by atomic mass is 10.1. The number of nitrogens with zero attached hydrogens (tertiary/aromatic N) is 4. The van der Waals surface area contributed by atoms with Crippen molar-refractivity contribution in [3.8, 4) is 5.69 Å². The van der Waals surface area contributed by atoms with Crippen LogP contribution in [0.1, 0.15) is 18.1 Å². The van der Waals surface area contributed by atoms with Crippen LogP contribution in [0.15, 0.2) is 64.4 Å². The third kappa shape index (κ3) is 2.85. The number of fused-ring (bicyclic) bond motifs is 1. The monoisotopic (exact) mass is 378 g/mol. The molecule has 0 saturated carbocycles. The zero-order chi connectivity index (χ0) is 19.8. The van der Waals surface area contributed by atoms with E-state index in [1.807, 2.05) is 31.2 Å². The molecular formula is C21H19FN4O2. The Morgan fingerprint density at radius 2 is 1.75 bits per heavy atom. The summed E-state index contributed by atoms with van der Waals surface area (Å²) in [6.45, 7) is 4.44. The number of hydrogen-bond acceptors (Lipinski definition) is 3. The molecule has 0 amide bonds. The first-order valence-electron chi connectivity index (χ1n) is 9.02. The minimum Gasteiger partial charge on any atom is -0.320 e. The van der Waals surface area contributed by atoms with Gasteiger partial charge in [-0.2, -0.15) is 0 Å². The summed E-state index contributed by atoms with van der Waals surface area (Å²) in [4.78, 5) is 30.3. The summed E-state index contributed by atoms with van der Waals surface area (Å²) in [5.74, 6) is -0.401. The second-order valence-corrected chi connectivity index (χ2v) is 6.61. The highest BCUT2D eigenvalue weighted by Crippen LogP contribution is 2.16. The van der Waals surface area contributed by atoms with Gasteiger partial charge in [0.2, 0.25) is 0 Å². The maximum Gasteiger partial charge on any atom is 0.337 e. The number of rotatable bonds is 4. The molecule has 0 fully saturated rings. The minimum absolute atomic E-state index is 0.227. The normalized spacial score (nSPS) is 11.2. The smallest absolute Gasteiger partial charge is 0.320 e. The van der Waals surface area contributed by atoms with Gasteiger partial charge in [-0.25, -0.2) is 18.7 Å². The Bertz CT molecular complexity index is 1280. The Morgan fingerprint density at radius 3 is 2.43 bits per heavy atom. The molecule has 0 unspecified atom stereocenters. The lowest BCUT2D eigenvalue weighted by Gasteiger charge is -2.12. The van der Waals surface area contributed by atoms with E-state index in [-0.39, 0.29) is 17.8 Å². The van der Waals surface area contributed by atoms with Gasteiger partial charge in [-0.3, -0.25) is 9.36 Å². The van der Waals surface area contributed by atoms with Gasteiger partial charge in [0, 0.05) is 13.1 Å². The standard InChI is InChI=1S/C21H19FN4O2/c1-3-25-20(27)18-19(26(21(25)28)17-10-8-16(22)9-11-17)23-13-24(18)12-15-7-5-4-6-14(15)2/h4-11,13H,3,12H2,1-2H3. The molecule has 2 aromatic carbocycles. The van der Waals surface area contributed by atoms with E-state index in [4.69, 9.17) is 0 Å². The van der Waals surface area contributed by atoms with E-state index in [0.717, 1.165) is 11.1 Å². The van der Waals surface area contributed by atoms with Crippen molar-refractivity contribution in [1.82, 2.24) is 18.7 Å². The maximum absolute atomic E-state index is 13.3. The Kier molecular flexibility index (Phi) is 4.43. The third-order valence-electron chi connectivity index (χ3n) is 4.90. The summed E-state index contributed by atoms with van der Waals surface area (Å²) in [7, 11) is 0. The highest BCUT2D eigenvalue weighted by atomic mass is 19.1. The van der Waals surface area contributed by atoms with E-state index in [0.29, 0.717) is 17.7 Å². The van der Waals surface area contributed by atoms with Crippen LogP contribution < -0.4 is 11.2 Å². The van der Waals surface area contributed by atoms with E-state index in [1.165, 1.54) is 33.4 Å². The van der Waals surface area contributed by atoms with Gasteiger partial charge in [-0.05, 0) is 49.2 Å². The molecule has 0 atom stereocenters. The molecular weight excluding hydrogens is 359 g/mol. The Morgan fingerprint density at radius 1 is 1.04 bits per heavy atom. The molecule has 4 rings (SSSR count). The van der Waals surface area contributed by atoms with Crippen LogP contribution in [0, 0.1) is 12.7 Å². The second kappa shape index (κ2) is 6.92. The van der Waals surface area contributed by atoms with Crippen LogP contribution >= 0.6 is 0 Å². The molecule has 0 aliphatic heterocycles. The fourth-order valence-corrected chi connectivity index (χ4v) is 3.37. The fourth-order valence-electron chi connectivity index (χ4n) is 3.37. The first kappa shape index (κ1) is 17.9. The third-order valence-corrected chi connectivity index (χ3v) is 4.90. The molecule has 2 heterocycles. The van der Waals surface area contributed by atoms with Gasteiger partial charge in [-0.15, -0.1) is 0 Å². The van der Waals surface area contributed by atoms with Crippen molar-refractivity contribution in [2.24, 2.45) is 0 Å². The lowest BCUT2D eigenvalue weighted by molar-refractivity contribution is 0.626. The largest absolute Gasteiger partial charge is 0.337 e. The molecule has 0 aliphatic carbocycles. The van der Waals surface area contributed by atoms with Crippen LogP contribution in [0.3, 0.4) is 0 Å². The van der Waals surface area contributed by atoms with E-state index >= 15 is 0 Å². The molecule has 4 aromatic rings. The van der Waals surface area contributed by atoms with E-state index in [2.05, 4.69) is 4.98 Å². The quantitative estimate of drug-likeness (QED) is 0.549. The summed E-state index contributed by atoms with van der Waals surface area (Å²) in [6, 6.07) is 13.5. The van der Waals surface area contributed by atoms with E-state index < -0.39 is 11.5 Å². The number of aryl methyl sites for hydroxylation is 1. The number of aromatic nitrogens is 4. The SMILES string of the molecule is CCn1c(=O)c2c(ncn2Cc2ccccc2C)n(-c2ccc(F)cc2)c1=O. The van der Waals surface area contributed by atoms with Crippen molar-refractivity contribution in [3.63, 3.8) is 0 Å². The summed E-state index contributed by atoms with van der Waals surface area (Å²) in [6.07, 6.45) is 1.57. The highest BCUT2D eigenvalue weighted by Gasteiger charge is 2.19. The van der Waals surface area contributed by atoms with Gasteiger partial charge in [0.25, 0.3) is 5.56 Å². The van der Waals surface area contributed by atoms with Crippen LogP contribution in [-0.2, 0) is 13.1 Å². The zero-order valence-corrected chi connectivity index (χ0v) is 15.6. The summed E-state index contributed by atoms with van der Waals surface area (Å²) < 4.78 is 17.6. The average molecular weight is 378 g/mol. The maximum atomic E-state index is 13.3. The topological polar surface area (TPSA) is 61.8 Å². The van der Waals surface area contributed by atoms with Crippen molar-refractivity contribution in [1.29, 1.82) is 0 Å². The molecule has 6 nitrogen and oxygen atoms in total.